The van der Waals surface area contributed by atoms with Gasteiger partial charge in [0.1, 0.15) is 0 Å². The fraction of sp³-hybridized carbons (Fsp3) is 0.357. The molecule has 1 N–H and O–H groups in total. The Morgan fingerprint density at radius 3 is 2.94 bits per heavy atom. The summed E-state index contributed by atoms with van der Waals surface area (Å²) in [5.41, 5.74) is 1.11. The van der Waals surface area contributed by atoms with Crippen LogP contribution in [0.3, 0.4) is 0 Å². The first-order chi connectivity index (χ1) is 8.81. The molecule has 0 radical (unpaired) electrons. The Hall–Kier alpha value is -1.48. The smallest absolute Gasteiger partial charge is 0.203 e. The van der Waals surface area contributed by atoms with Crippen LogP contribution in [0.2, 0.25) is 5.02 Å². The maximum atomic E-state index is 6.17. The van der Waals surface area contributed by atoms with Gasteiger partial charge in [-0.25, -0.2) is 4.98 Å². The molecule has 18 heavy (non-hydrogen) atoms. The minimum absolute atomic E-state index is 0.744. The molecule has 1 aromatic heterocycles. The number of anilines is 1. The van der Waals surface area contributed by atoms with Gasteiger partial charge in [0.05, 0.1) is 6.54 Å². The maximum Gasteiger partial charge on any atom is 0.203 e. The molecule has 0 aliphatic carbocycles. The first-order valence-corrected chi connectivity index (χ1v) is 6.67. The second-order valence-electron chi connectivity index (χ2n) is 4.25. The van der Waals surface area contributed by atoms with Crippen LogP contribution >= 0.6 is 11.6 Å². The lowest BCUT2D eigenvalue weighted by Crippen LogP contribution is -2.09. The summed E-state index contributed by atoms with van der Waals surface area (Å²) >= 11 is 6.17. The van der Waals surface area contributed by atoms with Crippen molar-refractivity contribution in [2.75, 3.05) is 11.9 Å². The van der Waals surface area contributed by atoms with Crippen LogP contribution in [0, 0.1) is 0 Å². The van der Waals surface area contributed by atoms with Crippen molar-refractivity contribution in [2.45, 2.75) is 26.3 Å². The van der Waals surface area contributed by atoms with Crippen molar-refractivity contribution in [3.63, 3.8) is 0 Å². The van der Waals surface area contributed by atoms with E-state index in [9.17, 15) is 0 Å². The second-order valence-corrected chi connectivity index (χ2v) is 4.66. The molecule has 1 aromatic carbocycles. The minimum atomic E-state index is 0.744. The molecule has 96 valence electrons. The Balaban J connectivity index is 2.05. The number of benzene rings is 1. The highest BCUT2D eigenvalue weighted by atomic mass is 35.5. The van der Waals surface area contributed by atoms with Crippen LogP contribution in [0.4, 0.5) is 5.95 Å². The number of nitrogens with one attached hydrogen (secondary N) is 1. The average Bonchev–Trinajstić information content (AvgIpc) is 2.80. The number of halogens is 1. The highest BCUT2D eigenvalue weighted by Crippen LogP contribution is 2.17. The van der Waals surface area contributed by atoms with Crippen LogP contribution in [-0.2, 0) is 6.54 Å². The summed E-state index contributed by atoms with van der Waals surface area (Å²) in [5.74, 6) is 0.906. The normalized spacial score (nSPS) is 10.6. The van der Waals surface area contributed by atoms with E-state index in [2.05, 4.69) is 21.8 Å². The zero-order valence-electron chi connectivity index (χ0n) is 10.6. The molecule has 0 saturated carbocycles. The van der Waals surface area contributed by atoms with Crippen molar-refractivity contribution in [1.29, 1.82) is 0 Å². The molecular weight excluding hydrogens is 246 g/mol. The number of unbranched alkanes of at least 4 members (excludes halogenated alkanes) is 1. The molecule has 3 nitrogen and oxygen atoms in total. The third-order valence-electron chi connectivity index (χ3n) is 2.83. The summed E-state index contributed by atoms with van der Waals surface area (Å²) in [4.78, 5) is 4.32. The first-order valence-electron chi connectivity index (χ1n) is 6.29. The van der Waals surface area contributed by atoms with Gasteiger partial charge in [0.2, 0.25) is 5.95 Å². The van der Waals surface area contributed by atoms with Gasteiger partial charge in [-0.1, -0.05) is 43.1 Å². The fourth-order valence-corrected chi connectivity index (χ4v) is 1.99. The third-order valence-corrected chi connectivity index (χ3v) is 3.20. The van der Waals surface area contributed by atoms with Gasteiger partial charge >= 0.3 is 0 Å². The molecule has 0 fully saturated rings. The zero-order valence-corrected chi connectivity index (χ0v) is 11.3. The van der Waals surface area contributed by atoms with Crippen molar-refractivity contribution >= 4 is 17.5 Å². The predicted octanol–water partition coefficient (Wildman–Crippen LogP) is 3.80. The molecule has 2 aromatic rings. The molecule has 0 amide bonds. The monoisotopic (exact) mass is 263 g/mol. The van der Waals surface area contributed by atoms with Gasteiger partial charge in [-0.2, -0.15) is 0 Å². The van der Waals surface area contributed by atoms with Crippen molar-refractivity contribution in [2.24, 2.45) is 0 Å². The summed E-state index contributed by atoms with van der Waals surface area (Å²) in [7, 11) is 0. The second kappa shape index (κ2) is 6.45. The van der Waals surface area contributed by atoms with Crippen molar-refractivity contribution in [3.8, 4) is 0 Å². The topological polar surface area (TPSA) is 29.9 Å². The first kappa shape index (κ1) is 13.0. The average molecular weight is 264 g/mol. The van der Waals surface area contributed by atoms with Gasteiger partial charge in [-0.15, -0.1) is 0 Å². The van der Waals surface area contributed by atoms with E-state index in [0.29, 0.717) is 0 Å². The molecule has 1 heterocycles. The molecule has 2 rings (SSSR count). The van der Waals surface area contributed by atoms with Gasteiger partial charge in [-0.3, -0.25) is 0 Å². The predicted molar refractivity (Wildman–Crippen MR) is 76.2 cm³/mol. The number of hydrogen-bond donors (Lipinski definition) is 1. The number of nitrogens with zero attached hydrogens (tertiary/aromatic N) is 2. The Kier molecular flexibility index (Phi) is 4.65. The van der Waals surface area contributed by atoms with Crippen LogP contribution < -0.4 is 5.32 Å². The van der Waals surface area contributed by atoms with Crippen LogP contribution in [0.1, 0.15) is 25.3 Å². The standard InChI is InChI=1S/C14H18ClN3/c1-2-3-8-16-14-17-9-10-18(14)11-12-6-4-5-7-13(12)15/h4-7,9-10H,2-3,8,11H2,1H3,(H,16,17). The maximum absolute atomic E-state index is 6.17. The van der Waals surface area contributed by atoms with Crippen LogP contribution in [0.25, 0.3) is 0 Å². The molecule has 0 saturated heterocycles. The molecule has 0 unspecified atom stereocenters. The lowest BCUT2D eigenvalue weighted by molar-refractivity contribution is 0.775. The Labute approximate surface area is 113 Å². The zero-order chi connectivity index (χ0) is 12.8. The van der Waals surface area contributed by atoms with Crippen LogP contribution in [-0.4, -0.2) is 16.1 Å². The summed E-state index contributed by atoms with van der Waals surface area (Å²) in [6.07, 6.45) is 6.11. The van der Waals surface area contributed by atoms with Crippen molar-refractivity contribution in [1.82, 2.24) is 9.55 Å². The van der Waals surface area contributed by atoms with E-state index in [1.807, 2.05) is 36.7 Å². The molecule has 0 aliphatic rings. The largest absolute Gasteiger partial charge is 0.356 e. The fourth-order valence-electron chi connectivity index (χ4n) is 1.79. The molecule has 0 atom stereocenters. The molecule has 0 aliphatic heterocycles. The van der Waals surface area contributed by atoms with E-state index in [4.69, 9.17) is 11.6 Å². The van der Waals surface area contributed by atoms with E-state index in [1.165, 1.54) is 6.42 Å². The summed E-state index contributed by atoms with van der Waals surface area (Å²) in [6, 6.07) is 7.90. The SMILES string of the molecule is CCCCNc1nccn1Cc1ccccc1Cl. The van der Waals surface area contributed by atoms with Gasteiger partial charge in [-0.05, 0) is 18.1 Å². The van der Waals surface area contributed by atoms with Gasteiger partial charge in [0, 0.05) is 24.0 Å². The molecular formula is C14H18ClN3. The Morgan fingerprint density at radius 1 is 1.33 bits per heavy atom. The molecule has 0 spiro atoms. The molecule has 4 heteroatoms. The highest BCUT2D eigenvalue weighted by Gasteiger charge is 2.04. The van der Waals surface area contributed by atoms with Crippen molar-refractivity contribution in [3.05, 3.63) is 47.2 Å². The van der Waals surface area contributed by atoms with Gasteiger partial charge in [0.15, 0.2) is 0 Å². The number of aromatic nitrogens is 2. The van der Waals surface area contributed by atoms with Gasteiger partial charge in [0.25, 0.3) is 0 Å². The van der Waals surface area contributed by atoms with E-state index in [0.717, 1.165) is 36.0 Å². The Bertz CT molecular complexity index is 493. The quantitative estimate of drug-likeness (QED) is 0.804. The van der Waals surface area contributed by atoms with Crippen LogP contribution in [0.5, 0.6) is 0 Å². The number of imidazole rings is 1. The number of rotatable bonds is 6. The summed E-state index contributed by atoms with van der Waals surface area (Å²) in [6.45, 7) is 3.88. The van der Waals surface area contributed by atoms with Crippen LogP contribution in [0.15, 0.2) is 36.7 Å². The summed E-state index contributed by atoms with van der Waals surface area (Å²) in [5, 5.41) is 4.14. The van der Waals surface area contributed by atoms with E-state index >= 15 is 0 Å². The minimum Gasteiger partial charge on any atom is -0.356 e. The highest BCUT2D eigenvalue weighted by molar-refractivity contribution is 6.31. The molecule has 0 bridgehead atoms. The lowest BCUT2D eigenvalue weighted by atomic mass is 10.2. The van der Waals surface area contributed by atoms with E-state index in [-0.39, 0.29) is 0 Å². The number of hydrogen-bond acceptors (Lipinski definition) is 2. The van der Waals surface area contributed by atoms with Crippen molar-refractivity contribution < 1.29 is 0 Å². The third kappa shape index (κ3) is 3.26. The summed E-state index contributed by atoms with van der Waals surface area (Å²) < 4.78 is 2.08. The van der Waals surface area contributed by atoms with Gasteiger partial charge < -0.3 is 9.88 Å². The Morgan fingerprint density at radius 2 is 2.17 bits per heavy atom. The lowest BCUT2D eigenvalue weighted by Gasteiger charge is -2.10. The van der Waals surface area contributed by atoms with E-state index < -0.39 is 0 Å². The van der Waals surface area contributed by atoms with E-state index in [1.54, 1.807) is 0 Å².